The normalized spacial score (nSPS) is 22.5. The summed E-state index contributed by atoms with van der Waals surface area (Å²) in [4.78, 5) is 14.7. The second-order valence-corrected chi connectivity index (χ2v) is 9.46. The number of amides is 1. The number of halogens is 1. The Bertz CT molecular complexity index is 763. The summed E-state index contributed by atoms with van der Waals surface area (Å²) in [5.41, 5.74) is 0.349. The van der Waals surface area contributed by atoms with Crippen molar-refractivity contribution in [1.29, 1.82) is 0 Å². The Labute approximate surface area is 160 Å². The number of carbonyl (C=O) groups excluding carboxylic acids is 1. The van der Waals surface area contributed by atoms with Gasteiger partial charge in [-0.3, -0.25) is 9.69 Å². The largest absolute Gasteiger partial charge is 0.324 e. The second-order valence-electron chi connectivity index (χ2n) is 7.12. The van der Waals surface area contributed by atoms with E-state index in [1.54, 1.807) is 0 Å². The van der Waals surface area contributed by atoms with Crippen LogP contribution in [0.4, 0.5) is 5.69 Å². The van der Waals surface area contributed by atoms with Crippen molar-refractivity contribution in [3.8, 4) is 0 Å². The van der Waals surface area contributed by atoms with Crippen molar-refractivity contribution >= 4 is 33.2 Å². The van der Waals surface area contributed by atoms with Gasteiger partial charge in [0.05, 0.1) is 22.2 Å². The summed E-state index contributed by atoms with van der Waals surface area (Å²) in [7, 11) is -3.54. The summed E-state index contributed by atoms with van der Waals surface area (Å²) in [6, 6.07) is 4.88. The van der Waals surface area contributed by atoms with Crippen molar-refractivity contribution in [2.24, 2.45) is 0 Å². The average Bonchev–Trinajstić information content (AvgIpc) is 3.14. The van der Waals surface area contributed by atoms with Crippen LogP contribution in [0.3, 0.4) is 0 Å². The van der Waals surface area contributed by atoms with Gasteiger partial charge in [-0.05, 0) is 57.4 Å². The molecule has 2 heterocycles. The molecule has 0 bridgehead atoms. The van der Waals surface area contributed by atoms with Crippen molar-refractivity contribution in [3.05, 3.63) is 23.2 Å². The van der Waals surface area contributed by atoms with Crippen molar-refractivity contribution in [2.45, 2.75) is 50.0 Å². The maximum Gasteiger partial charge on any atom is 0.243 e. The van der Waals surface area contributed by atoms with Crippen molar-refractivity contribution in [2.75, 3.05) is 31.5 Å². The zero-order valence-electron chi connectivity index (χ0n) is 15.1. The Balaban J connectivity index is 1.72. The van der Waals surface area contributed by atoms with Gasteiger partial charge in [-0.15, -0.1) is 0 Å². The molecule has 0 aliphatic carbocycles. The molecular formula is C18H26ClN3O3S. The topological polar surface area (TPSA) is 69.7 Å². The van der Waals surface area contributed by atoms with E-state index in [-0.39, 0.29) is 10.8 Å². The number of piperidine rings is 1. The van der Waals surface area contributed by atoms with E-state index in [1.807, 2.05) is 0 Å². The van der Waals surface area contributed by atoms with Crippen LogP contribution in [0.15, 0.2) is 23.1 Å². The summed E-state index contributed by atoms with van der Waals surface area (Å²) in [5.74, 6) is -0.170. The first kappa shape index (κ1) is 19.6. The molecule has 2 aliphatic rings. The maximum atomic E-state index is 12.7. The van der Waals surface area contributed by atoms with Gasteiger partial charge in [0.1, 0.15) is 0 Å². The minimum absolute atomic E-state index is 0.170. The Morgan fingerprint density at radius 3 is 2.58 bits per heavy atom. The predicted molar refractivity (Wildman–Crippen MR) is 103 cm³/mol. The van der Waals surface area contributed by atoms with Crippen LogP contribution in [0.5, 0.6) is 0 Å². The second kappa shape index (κ2) is 8.25. The number of likely N-dealkylation sites (tertiary alicyclic amines) is 1. The zero-order chi connectivity index (χ0) is 18.7. The van der Waals surface area contributed by atoms with Gasteiger partial charge in [0.25, 0.3) is 0 Å². The molecule has 0 saturated carbocycles. The van der Waals surface area contributed by atoms with Crippen LogP contribution in [0.2, 0.25) is 5.02 Å². The fourth-order valence-electron chi connectivity index (χ4n) is 3.60. The van der Waals surface area contributed by atoms with Crippen LogP contribution in [-0.4, -0.2) is 55.8 Å². The summed E-state index contributed by atoms with van der Waals surface area (Å²) < 4.78 is 26.9. The Hall–Kier alpha value is -1.15. The van der Waals surface area contributed by atoms with E-state index in [9.17, 15) is 13.2 Å². The number of anilines is 1. The molecule has 1 aromatic carbocycles. The molecule has 144 valence electrons. The molecular weight excluding hydrogens is 374 g/mol. The molecule has 26 heavy (non-hydrogen) atoms. The third-order valence-corrected chi connectivity index (χ3v) is 7.43. The van der Waals surface area contributed by atoms with Gasteiger partial charge < -0.3 is 5.32 Å². The third-order valence-electron chi connectivity index (χ3n) is 5.20. The van der Waals surface area contributed by atoms with E-state index in [4.69, 9.17) is 11.6 Å². The smallest absolute Gasteiger partial charge is 0.243 e. The lowest BCUT2D eigenvalue weighted by Gasteiger charge is -2.32. The SMILES string of the molecule is C[C@H]1CCCCN1CC(=O)Nc1cc(S(=O)(=O)N2CCCC2)ccc1Cl. The van der Waals surface area contributed by atoms with Crippen molar-refractivity contribution < 1.29 is 13.2 Å². The van der Waals surface area contributed by atoms with Crippen LogP contribution in [0, 0.1) is 0 Å². The highest BCUT2D eigenvalue weighted by Crippen LogP contribution is 2.28. The van der Waals surface area contributed by atoms with Gasteiger partial charge in [0, 0.05) is 19.1 Å². The summed E-state index contributed by atoms with van der Waals surface area (Å²) in [6.07, 6.45) is 5.15. The predicted octanol–water partition coefficient (Wildman–Crippen LogP) is 2.94. The zero-order valence-corrected chi connectivity index (χ0v) is 16.7. The van der Waals surface area contributed by atoms with Gasteiger partial charge >= 0.3 is 0 Å². The lowest BCUT2D eigenvalue weighted by molar-refractivity contribution is -0.118. The quantitative estimate of drug-likeness (QED) is 0.826. The molecule has 1 N–H and O–H groups in total. The third kappa shape index (κ3) is 4.39. The lowest BCUT2D eigenvalue weighted by atomic mass is 10.0. The van der Waals surface area contributed by atoms with E-state index < -0.39 is 10.0 Å². The molecule has 1 atom stereocenters. The van der Waals surface area contributed by atoms with Gasteiger partial charge in [-0.25, -0.2) is 8.42 Å². The van der Waals surface area contributed by atoms with Crippen LogP contribution < -0.4 is 5.32 Å². The Morgan fingerprint density at radius 1 is 1.19 bits per heavy atom. The van der Waals surface area contributed by atoms with Gasteiger partial charge in [-0.1, -0.05) is 18.0 Å². The molecule has 0 aromatic heterocycles. The molecule has 8 heteroatoms. The Morgan fingerprint density at radius 2 is 1.88 bits per heavy atom. The van der Waals surface area contributed by atoms with Gasteiger partial charge in [-0.2, -0.15) is 4.31 Å². The summed E-state index contributed by atoms with van der Waals surface area (Å²) in [6.45, 7) is 4.41. The fourth-order valence-corrected chi connectivity index (χ4v) is 5.31. The van der Waals surface area contributed by atoms with Gasteiger partial charge in [0.2, 0.25) is 15.9 Å². The number of rotatable bonds is 5. The molecule has 0 spiro atoms. The van der Waals surface area contributed by atoms with Crippen LogP contribution >= 0.6 is 11.6 Å². The number of nitrogens with one attached hydrogen (secondary N) is 1. The van der Waals surface area contributed by atoms with E-state index >= 15 is 0 Å². The maximum absolute atomic E-state index is 12.7. The molecule has 3 rings (SSSR count). The van der Waals surface area contributed by atoms with E-state index in [2.05, 4.69) is 17.1 Å². The standard InChI is InChI=1S/C18H26ClN3O3S/c1-14-6-2-3-9-21(14)13-18(23)20-17-12-15(7-8-16(17)19)26(24,25)22-10-4-5-11-22/h7-8,12,14H,2-6,9-11,13H2,1H3,(H,20,23)/t14-/m0/s1. The summed E-state index contributed by atoms with van der Waals surface area (Å²) >= 11 is 6.18. The van der Waals surface area contributed by atoms with E-state index in [0.717, 1.165) is 32.2 Å². The molecule has 0 unspecified atom stereocenters. The highest BCUT2D eigenvalue weighted by atomic mass is 35.5. The monoisotopic (exact) mass is 399 g/mol. The molecule has 2 saturated heterocycles. The Kier molecular flexibility index (Phi) is 6.22. The molecule has 1 amide bonds. The highest BCUT2D eigenvalue weighted by Gasteiger charge is 2.28. The van der Waals surface area contributed by atoms with E-state index in [0.29, 0.717) is 36.4 Å². The average molecular weight is 400 g/mol. The minimum atomic E-state index is -3.54. The van der Waals surface area contributed by atoms with E-state index in [1.165, 1.54) is 28.9 Å². The molecule has 6 nitrogen and oxygen atoms in total. The first-order valence-electron chi connectivity index (χ1n) is 9.21. The molecule has 2 aliphatic heterocycles. The van der Waals surface area contributed by atoms with Crippen molar-refractivity contribution in [1.82, 2.24) is 9.21 Å². The fraction of sp³-hybridized carbons (Fsp3) is 0.611. The first-order valence-corrected chi connectivity index (χ1v) is 11.0. The van der Waals surface area contributed by atoms with Crippen LogP contribution in [0.25, 0.3) is 0 Å². The minimum Gasteiger partial charge on any atom is -0.324 e. The number of nitrogens with zero attached hydrogens (tertiary/aromatic N) is 2. The van der Waals surface area contributed by atoms with Crippen LogP contribution in [-0.2, 0) is 14.8 Å². The highest BCUT2D eigenvalue weighted by molar-refractivity contribution is 7.89. The number of benzene rings is 1. The molecule has 1 aromatic rings. The number of hydrogen-bond acceptors (Lipinski definition) is 4. The van der Waals surface area contributed by atoms with Crippen molar-refractivity contribution in [3.63, 3.8) is 0 Å². The first-order chi connectivity index (χ1) is 12.4. The van der Waals surface area contributed by atoms with Gasteiger partial charge in [0.15, 0.2) is 0 Å². The number of hydrogen-bond donors (Lipinski definition) is 1. The van der Waals surface area contributed by atoms with Crippen LogP contribution in [0.1, 0.15) is 39.0 Å². The number of sulfonamides is 1. The lowest BCUT2D eigenvalue weighted by Crippen LogP contribution is -2.42. The number of carbonyl (C=O) groups is 1. The molecule has 0 radical (unpaired) electrons. The molecule has 2 fully saturated rings. The summed E-state index contributed by atoms with van der Waals surface area (Å²) in [5, 5.41) is 3.12.